The third kappa shape index (κ3) is 7.19. The van der Waals surface area contributed by atoms with E-state index < -0.39 is 0 Å². The molecule has 2 aliphatic rings. The number of nitrogens with two attached hydrogens (primary N) is 2. The molecule has 0 amide bonds. The lowest BCUT2D eigenvalue weighted by atomic mass is 10.1. The lowest BCUT2D eigenvalue weighted by molar-refractivity contribution is 0.232. The molecule has 2 aliphatic heterocycles. The quantitative estimate of drug-likeness (QED) is 0.136. The van der Waals surface area contributed by atoms with E-state index in [1.807, 2.05) is 12.1 Å². The summed E-state index contributed by atoms with van der Waals surface area (Å²) in [7, 11) is 0. The Morgan fingerprint density at radius 3 is 2.18 bits per heavy atom. The molecule has 0 saturated carbocycles. The number of nitrogens with zero attached hydrogens (tertiary/aromatic N) is 7. The average Bonchev–Trinajstić information content (AvgIpc) is 3.76. The molecule has 12 nitrogen and oxygen atoms in total. The van der Waals surface area contributed by atoms with Crippen LogP contribution in [0.1, 0.15) is 51.2 Å². The number of nitrogen functional groups attached to an aromatic ring is 2. The van der Waals surface area contributed by atoms with Crippen LogP contribution in [0.25, 0.3) is 43.9 Å². The molecule has 0 atom stereocenters. The average molecular weight is 677 g/mol. The first kappa shape index (κ1) is 34.0. The fraction of sp³-hybridized carbons (Fsp3) is 0.474. The predicted molar refractivity (Wildman–Crippen MR) is 207 cm³/mol. The van der Waals surface area contributed by atoms with Gasteiger partial charge in [0, 0.05) is 94.7 Å². The summed E-state index contributed by atoms with van der Waals surface area (Å²) >= 11 is 0. The van der Waals surface area contributed by atoms with Gasteiger partial charge in [0.1, 0.15) is 34.0 Å². The van der Waals surface area contributed by atoms with Crippen molar-refractivity contribution in [3.05, 3.63) is 54.1 Å². The summed E-state index contributed by atoms with van der Waals surface area (Å²) in [5.41, 5.74) is 19.3. The van der Waals surface area contributed by atoms with Crippen LogP contribution in [0.2, 0.25) is 0 Å². The van der Waals surface area contributed by atoms with Crippen LogP contribution in [-0.4, -0.2) is 93.3 Å². The van der Waals surface area contributed by atoms with E-state index in [1.165, 1.54) is 5.69 Å². The van der Waals surface area contributed by atoms with Crippen LogP contribution in [0.3, 0.4) is 0 Å². The molecule has 0 unspecified atom stereocenters. The van der Waals surface area contributed by atoms with Crippen molar-refractivity contribution in [2.24, 2.45) is 0 Å². The lowest BCUT2D eigenvalue weighted by Gasteiger charge is -2.29. The summed E-state index contributed by atoms with van der Waals surface area (Å²) in [4.78, 5) is 27.2. The number of piperazine rings is 2. The number of imidazole rings is 2. The number of hydrogen-bond acceptors (Lipinski definition) is 10. The van der Waals surface area contributed by atoms with Crippen LogP contribution in [-0.2, 0) is 19.4 Å². The first-order valence-electron chi connectivity index (χ1n) is 18.5. The minimum atomic E-state index is 0.530. The molecule has 7 N–H and O–H groups in total. The third-order valence-electron chi connectivity index (χ3n) is 10.0. The maximum atomic E-state index is 6.27. The summed E-state index contributed by atoms with van der Waals surface area (Å²) < 4.78 is 2.40. The van der Waals surface area contributed by atoms with Gasteiger partial charge in [-0.3, -0.25) is 4.90 Å². The number of benzene rings is 2. The number of aryl methyl sites for hydroxylation is 2. The monoisotopic (exact) mass is 676 g/mol. The van der Waals surface area contributed by atoms with E-state index in [0.717, 1.165) is 159 Å². The third-order valence-corrected chi connectivity index (χ3v) is 10.0. The van der Waals surface area contributed by atoms with E-state index in [-0.39, 0.29) is 0 Å². The Bertz CT molecular complexity index is 2050. The second-order valence-corrected chi connectivity index (χ2v) is 13.5. The molecule has 0 radical (unpaired) electrons. The lowest BCUT2D eigenvalue weighted by Crippen LogP contribution is -2.44. The van der Waals surface area contributed by atoms with E-state index in [4.69, 9.17) is 21.4 Å². The van der Waals surface area contributed by atoms with Crippen LogP contribution in [0.5, 0.6) is 0 Å². The Balaban J connectivity index is 0.000000157. The van der Waals surface area contributed by atoms with Gasteiger partial charge in [0.15, 0.2) is 5.82 Å². The van der Waals surface area contributed by atoms with Crippen molar-refractivity contribution < 1.29 is 0 Å². The van der Waals surface area contributed by atoms with Gasteiger partial charge in [-0.25, -0.2) is 19.9 Å². The molecule has 50 heavy (non-hydrogen) atoms. The first-order valence-corrected chi connectivity index (χ1v) is 18.5. The van der Waals surface area contributed by atoms with E-state index in [1.54, 1.807) is 0 Å². The number of pyridine rings is 2. The van der Waals surface area contributed by atoms with Crippen LogP contribution >= 0.6 is 0 Å². The van der Waals surface area contributed by atoms with E-state index in [0.29, 0.717) is 11.6 Å². The minimum absolute atomic E-state index is 0.530. The van der Waals surface area contributed by atoms with Gasteiger partial charge in [-0.15, -0.1) is 0 Å². The topological polar surface area (TPSA) is 155 Å². The zero-order chi connectivity index (χ0) is 34.5. The second kappa shape index (κ2) is 15.6. The van der Waals surface area contributed by atoms with Gasteiger partial charge in [0.2, 0.25) is 0 Å². The van der Waals surface area contributed by atoms with Crippen molar-refractivity contribution in [1.29, 1.82) is 0 Å². The van der Waals surface area contributed by atoms with Crippen molar-refractivity contribution in [3.8, 4) is 0 Å². The largest absolute Gasteiger partial charge is 0.382 e. The van der Waals surface area contributed by atoms with Gasteiger partial charge in [0.05, 0.1) is 16.6 Å². The summed E-state index contributed by atoms with van der Waals surface area (Å²) in [6, 6.07) is 14.7. The summed E-state index contributed by atoms with van der Waals surface area (Å²) in [5.74, 6) is 3.21. The van der Waals surface area contributed by atoms with Crippen LogP contribution in [0.4, 0.5) is 17.3 Å². The normalized spacial score (nSPS) is 15.7. The van der Waals surface area contributed by atoms with Gasteiger partial charge in [0.25, 0.3) is 0 Å². The number of aromatic amines is 1. The molecule has 4 aromatic heterocycles. The standard InChI is InChI=1S/C20H28N6.C18H24N6/c1-2-3-8-17-24-18-19(15-6-4-5-7-16(15)23-20(18)21)26(17)14-13-25-11-9-22-10-12-25;1-2-3-4-15-22-16-13-11-12(24-9-7-20-8-10-24)5-6-14(13)21-18(19)17(16)23-15/h4-7,22H,2-3,8-14H2,1H3,(H2,21,23);5-6,11,20H,2-4,7-10H2,1H3,(H2,19,21)(H,22,23). The number of nitrogens with one attached hydrogen (secondary N) is 3. The van der Waals surface area contributed by atoms with Crippen LogP contribution < -0.4 is 27.0 Å². The fourth-order valence-electron chi connectivity index (χ4n) is 7.23. The smallest absolute Gasteiger partial charge is 0.152 e. The maximum Gasteiger partial charge on any atom is 0.152 e. The number of hydrogen-bond donors (Lipinski definition) is 5. The van der Waals surface area contributed by atoms with Crippen molar-refractivity contribution in [2.75, 3.05) is 75.3 Å². The first-order chi connectivity index (χ1) is 24.5. The molecule has 2 aromatic carbocycles. The van der Waals surface area contributed by atoms with Gasteiger partial charge < -0.3 is 36.6 Å². The van der Waals surface area contributed by atoms with E-state index in [2.05, 4.69) is 84.1 Å². The Labute approximate surface area is 294 Å². The zero-order valence-corrected chi connectivity index (χ0v) is 29.6. The maximum absolute atomic E-state index is 6.27. The van der Waals surface area contributed by atoms with Crippen molar-refractivity contribution in [3.63, 3.8) is 0 Å². The van der Waals surface area contributed by atoms with Crippen LogP contribution in [0.15, 0.2) is 42.5 Å². The number of para-hydroxylation sites is 1. The number of H-pyrrole nitrogens is 1. The molecule has 264 valence electrons. The molecular weight excluding hydrogens is 625 g/mol. The Morgan fingerprint density at radius 2 is 1.40 bits per heavy atom. The number of rotatable bonds is 10. The highest BCUT2D eigenvalue weighted by molar-refractivity contribution is 6.07. The summed E-state index contributed by atoms with van der Waals surface area (Å²) in [5, 5.41) is 9.04. The molecule has 0 aliphatic carbocycles. The molecule has 6 heterocycles. The second-order valence-electron chi connectivity index (χ2n) is 13.5. The van der Waals surface area contributed by atoms with Crippen molar-refractivity contribution >= 4 is 61.2 Å². The number of unbranched alkanes of at least 4 members (excludes halogenated alkanes) is 2. The molecule has 2 fully saturated rings. The van der Waals surface area contributed by atoms with Crippen LogP contribution in [0, 0.1) is 0 Å². The number of aromatic nitrogens is 6. The predicted octanol–water partition coefficient (Wildman–Crippen LogP) is 4.86. The highest BCUT2D eigenvalue weighted by atomic mass is 15.2. The fourth-order valence-corrected chi connectivity index (χ4v) is 7.23. The van der Waals surface area contributed by atoms with Gasteiger partial charge in [-0.2, -0.15) is 0 Å². The molecule has 12 heteroatoms. The van der Waals surface area contributed by atoms with Crippen molar-refractivity contribution in [1.82, 2.24) is 45.0 Å². The summed E-state index contributed by atoms with van der Waals surface area (Å²) in [6.45, 7) is 14.9. The van der Waals surface area contributed by atoms with Gasteiger partial charge in [-0.1, -0.05) is 44.9 Å². The Morgan fingerprint density at radius 1 is 0.700 bits per heavy atom. The molecule has 0 bridgehead atoms. The zero-order valence-electron chi connectivity index (χ0n) is 29.6. The molecule has 8 rings (SSSR count). The number of fused-ring (bicyclic) bond motifs is 6. The Kier molecular flexibility index (Phi) is 10.6. The molecule has 0 spiro atoms. The highest BCUT2D eigenvalue weighted by Gasteiger charge is 2.19. The number of anilines is 3. The van der Waals surface area contributed by atoms with Gasteiger partial charge >= 0.3 is 0 Å². The SMILES string of the molecule is CCCCc1nc2c(N)nc3ccccc3c2n1CCN1CCNCC1.CCCCc1nc2c([nH]1)c(N)nc1ccc(N3CCNCC3)cc12. The van der Waals surface area contributed by atoms with E-state index in [9.17, 15) is 0 Å². The molecular formula is C38H52N12. The summed E-state index contributed by atoms with van der Waals surface area (Å²) in [6.07, 6.45) is 6.51. The van der Waals surface area contributed by atoms with Crippen molar-refractivity contribution in [2.45, 2.75) is 58.9 Å². The minimum Gasteiger partial charge on any atom is -0.382 e. The van der Waals surface area contributed by atoms with E-state index >= 15 is 0 Å². The molecule has 2 saturated heterocycles. The molecule has 6 aromatic rings. The van der Waals surface area contributed by atoms with Gasteiger partial charge in [-0.05, 0) is 37.1 Å². The Hall–Kier alpha value is -4.52. The highest BCUT2D eigenvalue weighted by Crippen LogP contribution is 2.31.